The minimum atomic E-state index is 0.455. The molecule has 0 amide bonds. The summed E-state index contributed by atoms with van der Waals surface area (Å²) < 4.78 is 0. The molecule has 3 nitrogen and oxygen atoms in total. The van der Waals surface area contributed by atoms with Gasteiger partial charge in [0, 0.05) is 11.8 Å². The number of hydrogen-bond donors (Lipinski definition) is 1. The Kier molecular flexibility index (Phi) is 3.08. The van der Waals surface area contributed by atoms with Crippen LogP contribution in [0.3, 0.4) is 0 Å². The molecule has 0 spiro atoms. The van der Waals surface area contributed by atoms with Crippen LogP contribution in [0.2, 0.25) is 0 Å². The molecule has 1 heterocycles. The lowest BCUT2D eigenvalue weighted by molar-refractivity contribution is 0.511. The summed E-state index contributed by atoms with van der Waals surface area (Å²) in [6.45, 7) is 6.64. The average molecular weight is 207 g/mol. The van der Waals surface area contributed by atoms with Gasteiger partial charge in [0.05, 0.1) is 0 Å². The first-order valence-electron chi connectivity index (χ1n) is 6.10. The minimum Gasteiger partial charge on any atom is -0.263 e. The molecule has 1 saturated carbocycles. The lowest BCUT2D eigenvalue weighted by Crippen LogP contribution is -2.04. The summed E-state index contributed by atoms with van der Waals surface area (Å²) in [6.07, 6.45) is 5.26. The van der Waals surface area contributed by atoms with Gasteiger partial charge in [-0.05, 0) is 18.8 Å². The third-order valence-corrected chi connectivity index (χ3v) is 3.67. The van der Waals surface area contributed by atoms with E-state index >= 15 is 0 Å². The Balaban J connectivity index is 2.09. The van der Waals surface area contributed by atoms with Crippen LogP contribution >= 0.6 is 0 Å². The van der Waals surface area contributed by atoms with Crippen molar-refractivity contribution in [3.63, 3.8) is 0 Å². The van der Waals surface area contributed by atoms with Crippen molar-refractivity contribution in [3.05, 3.63) is 11.6 Å². The maximum absolute atomic E-state index is 4.65. The van der Waals surface area contributed by atoms with Crippen LogP contribution in [0.5, 0.6) is 0 Å². The monoisotopic (exact) mass is 207 g/mol. The minimum absolute atomic E-state index is 0.455. The Hall–Kier alpha value is -0.860. The Labute approximate surface area is 91.7 Å². The molecule has 0 radical (unpaired) electrons. The van der Waals surface area contributed by atoms with Gasteiger partial charge < -0.3 is 0 Å². The number of H-pyrrole nitrogens is 1. The van der Waals surface area contributed by atoms with Gasteiger partial charge in [0.25, 0.3) is 0 Å². The molecule has 1 aliphatic carbocycles. The standard InChI is InChI=1S/C12H21N3/c1-8(2)9(3)11-13-12(15-14-11)10-6-4-5-7-10/h8-10H,4-7H2,1-3H3,(H,13,14,15). The first-order chi connectivity index (χ1) is 7.18. The highest BCUT2D eigenvalue weighted by atomic mass is 15.2. The summed E-state index contributed by atoms with van der Waals surface area (Å²) in [7, 11) is 0. The number of nitrogens with one attached hydrogen (secondary N) is 1. The van der Waals surface area contributed by atoms with E-state index in [4.69, 9.17) is 0 Å². The van der Waals surface area contributed by atoms with E-state index in [2.05, 4.69) is 36.0 Å². The van der Waals surface area contributed by atoms with E-state index in [1.165, 1.54) is 25.7 Å². The quantitative estimate of drug-likeness (QED) is 0.826. The Bertz CT molecular complexity index is 294. The van der Waals surface area contributed by atoms with E-state index < -0.39 is 0 Å². The van der Waals surface area contributed by atoms with Crippen molar-refractivity contribution in [1.29, 1.82) is 0 Å². The largest absolute Gasteiger partial charge is 0.263 e. The fourth-order valence-corrected chi connectivity index (χ4v) is 2.17. The normalized spacial score (nSPS) is 20.0. The SMILES string of the molecule is CC(C)C(C)c1n[nH]c(C2CCCC2)n1. The van der Waals surface area contributed by atoms with Gasteiger partial charge in [0.15, 0.2) is 5.82 Å². The van der Waals surface area contributed by atoms with Gasteiger partial charge in [-0.3, -0.25) is 5.10 Å². The van der Waals surface area contributed by atoms with Gasteiger partial charge in [-0.2, -0.15) is 5.10 Å². The molecular weight excluding hydrogens is 186 g/mol. The van der Waals surface area contributed by atoms with Crippen molar-refractivity contribution in [2.24, 2.45) is 5.92 Å². The molecule has 1 aromatic heterocycles. The van der Waals surface area contributed by atoms with Crippen LogP contribution in [-0.2, 0) is 0 Å². The molecule has 1 aliphatic rings. The molecule has 0 bridgehead atoms. The third kappa shape index (κ3) is 2.21. The highest BCUT2D eigenvalue weighted by Gasteiger charge is 2.22. The van der Waals surface area contributed by atoms with E-state index in [0.717, 1.165) is 11.6 Å². The van der Waals surface area contributed by atoms with Crippen LogP contribution in [-0.4, -0.2) is 15.2 Å². The second-order valence-electron chi connectivity index (χ2n) is 5.09. The molecule has 15 heavy (non-hydrogen) atoms. The smallest absolute Gasteiger partial charge is 0.153 e. The van der Waals surface area contributed by atoms with Gasteiger partial charge >= 0.3 is 0 Å². The van der Waals surface area contributed by atoms with Crippen molar-refractivity contribution in [3.8, 4) is 0 Å². The summed E-state index contributed by atoms with van der Waals surface area (Å²) in [4.78, 5) is 4.65. The summed E-state index contributed by atoms with van der Waals surface area (Å²) in [5, 5.41) is 7.47. The lowest BCUT2D eigenvalue weighted by Gasteiger charge is -2.10. The summed E-state index contributed by atoms with van der Waals surface area (Å²) in [5.41, 5.74) is 0. The second-order valence-corrected chi connectivity index (χ2v) is 5.09. The second kappa shape index (κ2) is 4.33. The summed E-state index contributed by atoms with van der Waals surface area (Å²) in [6, 6.07) is 0. The molecule has 0 aromatic carbocycles. The highest BCUT2D eigenvalue weighted by molar-refractivity contribution is 5.03. The average Bonchev–Trinajstić information content (AvgIpc) is 2.86. The molecule has 0 aliphatic heterocycles. The van der Waals surface area contributed by atoms with Gasteiger partial charge in [0.2, 0.25) is 0 Å². The Morgan fingerprint density at radius 2 is 1.87 bits per heavy atom. The first-order valence-corrected chi connectivity index (χ1v) is 6.10. The maximum atomic E-state index is 4.65. The lowest BCUT2D eigenvalue weighted by atomic mass is 9.97. The van der Waals surface area contributed by atoms with Crippen molar-refractivity contribution in [2.75, 3.05) is 0 Å². The molecule has 3 heteroatoms. The number of hydrogen-bond acceptors (Lipinski definition) is 2. The molecule has 1 N–H and O–H groups in total. The Morgan fingerprint density at radius 1 is 1.20 bits per heavy atom. The number of nitrogens with zero attached hydrogens (tertiary/aromatic N) is 2. The zero-order chi connectivity index (χ0) is 10.8. The zero-order valence-electron chi connectivity index (χ0n) is 9.95. The van der Waals surface area contributed by atoms with Gasteiger partial charge in [-0.1, -0.05) is 33.6 Å². The zero-order valence-corrected chi connectivity index (χ0v) is 9.95. The van der Waals surface area contributed by atoms with E-state index in [1.807, 2.05) is 0 Å². The van der Waals surface area contributed by atoms with Crippen LogP contribution in [0.4, 0.5) is 0 Å². The van der Waals surface area contributed by atoms with Crippen molar-refractivity contribution in [2.45, 2.75) is 58.3 Å². The van der Waals surface area contributed by atoms with E-state index in [1.54, 1.807) is 0 Å². The molecule has 2 rings (SSSR count). The number of aromatic nitrogens is 3. The van der Waals surface area contributed by atoms with Crippen molar-refractivity contribution in [1.82, 2.24) is 15.2 Å². The summed E-state index contributed by atoms with van der Waals surface area (Å²) in [5.74, 6) is 3.82. The van der Waals surface area contributed by atoms with E-state index in [0.29, 0.717) is 17.8 Å². The molecule has 1 aromatic rings. The van der Waals surface area contributed by atoms with Crippen LogP contribution in [0.1, 0.15) is 69.9 Å². The van der Waals surface area contributed by atoms with Crippen molar-refractivity contribution >= 4 is 0 Å². The van der Waals surface area contributed by atoms with Crippen LogP contribution in [0, 0.1) is 5.92 Å². The van der Waals surface area contributed by atoms with Gasteiger partial charge in [0.1, 0.15) is 5.82 Å². The summed E-state index contributed by atoms with van der Waals surface area (Å²) >= 11 is 0. The third-order valence-electron chi connectivity index (χ3n) is 3.67. The Morgan fingerprint density at radius 3 is 2.47 bits per heavy atom. The van der Waals surface area contributed by atoms with Gasteiger partial charge in [-0.25, -0.2) is 4.98 Å². The van der Waals surface area contributed by atoms with Crippen LogP contribution in [0.15, 0.2) is 0 Å². The van der Waals surface area contributed by atoms with E-state index in [9.17, 15) is 0 Å². The first kappa shape index (κ1) is 10.7. The molecular formula is C12H21N3. The predicted molar refractivity (Wildman–Crippen MR) is 60.8 cm³/mol. The topological polar surface area (TPSA) is 41.6 Å². The number of aromatic amines is 1. The molecule has 0 saturated heterocycles. The predicted octanol–water partition coefficient (Wildman–Crippen LogP) is 3.22. The molecule has 1 fully saturated rings. The molecule has 1 atom stereocenters. The fraction of sp³-hybridized carbons (Fsp3) is 0.833. The van der Waals surface area contributed by atoms with Crippen LogP contribution < -0.4 is 0 Å². The maximum Gasteiger partial charge on any atom is 0.153 e. The van der Waals surface area contributed by atoms with E-state index in [-0.39, 0.29) is 0 Å². The van der Waals surface area contributed by atoms with Gasteiger partial charge in [-0.15, -0.1) is 0 Å². The van der Waals surface area contributed by atoms with Crippen molar-refractivity contribution < 1.29 is 0 Å². The fourth-order valence-electron chi connectivity index (χ4n) is 2.17. The molecule has 84 valence electrons. The van der Waals surface area contributed by atoms with Crippen LogP contribution in [0.25, 0.3) is 0 Å². The highest BCUT2D eigenvalue weighted by Crippen LogP contribution is 2.32. The molecule has 1 unspecified atom stereocenters. The number of rotatable bonds is 3.